The third-order valence-corrected chi connectivity index (χ3v) is 5.43. The highest BCUT2D eigenvalue weighted by Crippen LogP contribution is 2.28. The Morgan fingerprint density at radius 3 is 2.54 bits per heavy atom. The highest BCUT2D eigenvalue weighted by Gasteiger charge is 2.21. The van der Waals surface area contributed by atoms with Gasteiger partial charge in [0.05, 0.1) is 5.25 Å². The van der Waals surface area contributed by atoms with E-state index in [1.54, 1.807) is 18.5 Å². The third kappa shape index (κ3) is 4.31. The lowest BCUT2D eigenvalue weighted by Gasteiger charge is -2.15. The predicted octanol–water partition coefficient (Wildman–Crippen LogP) is 4.26. The van der Waals surface area contributed by atoms with Gasteiger partial charge in [-0.3, -0.25) is 14.3 Å². The second-order valence-electron chi connectivity index (χ2n) is 6.46. The average Bonchev–Trinajstić information content (AvgIpc) is 3.08. The van der Waals surface area contributed by atoms with Crippen molar-refractivity contribution in [3.05, 3.63) is 66.5 Å². The Hall–Kier alpha value is -2.93. The van der Waals surface area contributed by atoms with Gasteiger partial charge in [0.15, 0.2) is 11.0 Å². The zero-order valence-corrected chi connectivity index (χ0v) is 17.0. The number of hydrogen-bond donors (Lipinski definition) is 1. The molecule has 0 spiro atoms. The number of carbonyl (C=O) groups is 1. The summed E-state index contributed by atoms with van der Waals surface area (Å²) in [5.74, 6) is 0.660. The highest BCUT2D eigenvalue weighted by atomic mass is 32.2. The number of para-hydroxylation sites is 1. The minimum Gasteiger partial charge on any atom is -0.325 e. The van der Waals surface area contributed by atoms with Crippen LogP contribution in [0, 0.1) is 13.8 Å². The van der Waals surface area contributed by atoms with Crippen molar-refractivity contribution in [2.24, 2.45) is 0 Å². The van der Waals surface area contributed by atoms with Gasteiger partial charge in [-0.1, -0.05) is 36.0 Å². The van der Waals surface area contributed by atoms with Gasteiger partial charge in [-0.15, -0.1) is 16.8 Å². The fourth-order valence-corrected chi connectivity index (χ4v) is 3.69. The van der Waals surface area contributed by atoms with Gasteiger partial charge in [-0.05, 0) is 44.0 Å². The number of nitrogens with one attached hydrogen (secondary N) is 1. The molecule has 0 aliphatic rings. The van der Waals surface area contributed by atoms with Crippen molar-refractivity contribution in [2.45, 2.75) is 37.7 Å². The Bertz CT molecular complexity index is 963. The zero-order chi connectivity index (χ0) is 20.1. The number of rotatable bonds is 7. The maximum absolute atomic E-state index is 12.7. The van der Waals surface area contributed by atoms with Gasteiger partial charge >= 0.3 is 0 Å². The Morgan fingerprint density at radius 1 is 1.21 bits per heavy atom. The number of anilines is 1. The quantitative estimate of drug-likeness (QED) is 0.480. The molecule has 0 aliphatic carbocycles. The lowest BCUT2D eigenvalue weighted by Crippen LogP contribution is -2.24. The third-order valence-electron chi connectivity index (χ3n) is 4.35. The molecule has 2 heterocycles. The maximum atomic E-state index is 12.7. The first kappa shape index (κ1) is 19.8. The monoisotopic (exact) mass is 393 g/mol. The molecule has 0 bridgehead atoms. The molecule has 0 fully saturated rings. The molecule has 3 rings (SSSR count). The van der Waals surface area contributed by atoms with Gasteiger partial charge in [0.2, 0.25) is 5.91 Å². The number of aromatic nitrogens is 4. The molecule has 0 aliphatic heterocycles. The summed E-state index contributed by atoms with van der Waals surface area (Å²) >= 11 is 1.38. The number of allylic oxidation sites excluding steroid dienone is 1. The molecular formula is C21H23N5OS. The number of aryl methyl sites for hydroxylation is 2. The Balaban J connectivity index is 1.80. The standard InChI is InChI=1S/C21H23N5OS/c1-5-13-26-19(17-9-11-22-12-10-17)24-25-21(26)28-16(4)20(27)23-18-14(2)7-6-8-15(18)3/h5-12,16H,1,13H2,2-4H3,(H,23,27). The second kappa shape index (κ2) is 8.84. The summed E-state index contributed by atoms with van der Waals surface area (Å²) < 4.78 is 1.95. The molecule has 7 heteroatoms. The van der Waals surface area contributed by atoms with E-state index in [1.165, 1.54) is 11.8 Å². The fourth-order valence-electron chi connectivity index (χ4n) is 2.83. The van der Waals surface area contributed by atoms with E-state index in [-0.39, 0.29) is 11.2 Å². The molecule has 1 atom stereocenters. The van der Waals surface area contributed by atoms with Crippen LogP contribution in [0.4, 0.5) is 5.69 Å². The predicted molar refractivity (Wildman–Crippen MR) is 113 cm³/mol. The molecule has 2 aromatic heterocycles. The van der Waals surface area contributed by atoms with Gasteiger partial charge < -0.3 is 5.32 Å². The van der Waals surface area contributed by atoms with Crippen LogP contribution in [0.5, 0.6) is 0 Å². The van der Waals surface area contributed by atoms with Crippen molar-refractivity contribution in [3.8, 4) is 11.4 Å². The second-order valence-corrected chi connectivity index (χ2v) is 7.77. The first-order chi connectivity index (χ1) is 13.5. The summed E-state index contributed by atoms with van der Waals surface area (Å²) in [4.78, 5) is 16.8. The van der Waals surface area contributed by atoms with Gasteiger partial charge in [-0.25, -0.2) is 0 Å². The number of hydrogen-bond acceptors (Lipinski definition) is 5. The van der Waals surface area contributed by atoms with E-state index in [1.807, 2.05) is 55.7 Å². The van der Waals surface area contributed by atoms with Gasteiger partial charge in [0.1, 0.15) is 0 Å². The molecule has 1 amide bonds. The number of amides is 1. The fraction of sp³-hybridized carbons (Fsp3) is 0.238. The number of pyridine rings is 1. The highest BCUT2D eigenvalue weighted by molar-refractivity contribution is 8.00. The van der Waals surface area contributed by atoms with Crippen LogP contribution in [-0.4, -0.2) is 30.9 Å². The summed E-state index contributed by atoms with van der Waals surface area (Å²) in [6.07, 6.45) is 5.23. The van der Waals surface area contributed by atoms with Crippen LogP contribution in [-0.2, 0) is 11.3 Å². The lowest BCUT2D eigenvalue weighted by atomic mass is 10.1. The Morgan fingerprint density at radius 2 is 1.89 bits per heavy atom. The molecule has 6 nitrogen and oxygen atoms in total. The van der Waals surface area contributed by atoms with Crippen molar-refractivity contribution < 1.29 is 4.79 Å². The van der Waals surface area contributed by atoms with Crippen molar-refractivity contribution in [3.63, 3.8) is 0 Å². The SMILES string of the molecule is C=CCn1c(SC(C)C(=O)Nc2c(C)cccc2C)nnc1-c1ccncc1. The number of nitrogens with zero attached hydrogens (tertiary/aromatic N) is 4. The van der Waals surface area contributed by atoms with E-state index in [4.69, 9.17) is 0 Å². The molecule has 0 radical (unpaired) electrons. The topological polar surface area (TPSA) is 72.7 Å². The minimum atomic E-state index is -0.336. The first-order valence-electron chi connectivity index (χ1n) is 8.99. The van der Waals surface area contributed by atoms with Crippen LogP contribution in [0.15, 0.2) is 60.5 Å². The van der Waals surface area contributed by atoms with E-state index in [9.17, 15) is 4.79 Å². The summed E-state index contributed by atoms with van der Waals surface area (Å²) in [6.45, 7) is 10.2. The van der Waals surface area contributed by atoms with Crippen LogP contribution in [0.2, 0.25) is 0 Å². The van der Waals surface area contributed by atoms with Crippen LogP contribution in [0.3, 0.4) is 0 Å². The van der Waals surface area contributed by atoms with E-state index >= 15 is 0 Å². The van der Waals surface area contributed by atoms with Crippen LogP contribution < -0.4 is 5.32 Å². The van der Waals surface area contributed by atoms with Crippen molar-refractivity contribution >= 4 is 23.4 Å². The number of carbonyl (C=O) groups excluding carboxylic acids is 1. The molecule has 3 aromatic rings. The Kier molecular flexibility index (Phi) is 6.26. The summed E-state index contributed by atoms with van der Waals surface area (Å²) in [7, 11) is 0. The maximum Gasteiger partial charge on any atom is 0.237 e. The normalized spacial score (nSPS) is 11.8. The molecular weight excluding hydrogens is 370 g/mol. The zero-order valence-electron chi connectivity index (χ0n) is 16.2. The molecule has 1 unspecified atom stereocenters. The van der Waals surface area contributed by atoms with Gasteiger partial charge in [0.25, 0.3) is 0 Å². The average molecular weight is 394 g/mol. The van der Waals surface area contributed by atoms with Crippen LogP contribution in [0.25, 0.3) is 11.4 Å². The molecule has 0 saturated carbocycles. The lowest BCUT2D eigenvalue weighted by molar-refractivity contribution is -0.115. The van der Waals surface area contributed by atoms with Crippen molar-refractivity contribution in [2.75, 3.05) is 5.32 Å². The molecule has 144 valence electrons. The summed E-state index contributed by atoms with van der Waals surface area (Å²) in [5, 5.41) is 12.0. The molecule has 28 heavy (non-hydrogen) atoms. The molecule has 1 N–H and O–H groups in total. The minimum absolute atomic E-state index is 0.0685. The van der Waals surface area contributed by atoms with E-state index in [0.717, 1.165) is 28.2 Å². The van der Waals surface area contributed by atoms with E-state index in [2.05, 4.69) is 27.1 Å². The van der Waals surface area contributed by atoms with Crippen LogP contribution in [0.1, 0.15) is 18.1 Å². The van der Waals surface area contributed by atoms with E-state index < -0.39 is 0 Å². The summed E-state index contributed by atoms with van der Waals surface area (Å²) in [6, 6.07) is 9.73. The van der Waals surface area contributed by atoms with Crippen molar-refractivity contribution in [1.29, 1.82) is 0 Å². The molecule has 1 aromatic carbocycles. The first-order valence-corrected chi connectivity index (χ1v) is 9.87. The van der Waals surface area contributed by atoms with Crippen LogP contribution >= 0.6 is 11.8 Å². The largest absolute Gasteiger partial charge is 0.325 e. The summed E-state index contributed by atoms with van der Waals surface area (Å²) in [5.41, 5.74) is 3.87. The smallest absolute Gasteiger partial charge is 0.237 e. The Labute approximate surface area is 169 Å². The van der Waals surface area contributed by atoms with Gasteiger partial charge in [0, 0.05) is 30.2 Å². The number of benzene rings is 1. The van der Waals surface area contributed by atoms with Gasteiger partial charge in [-0.2, -0.15) is 0 Å². The van der Waals surface area contributed by atoms with Crippen molar-refractivity contribution in [1.82, 2.24) is 19.7 Å². The van der Waals surface area contributed by atoms with E-state index in [0.29, 0.717) is 11.7 Å². The molecule has 0 saturated heterocycles. The number of thioether (sulfide) groups is 1.